The zero-order chi connectivity index (χ0) is 12.8. The summed E-state index contributed by atoms with van der Waals surface area (Å²) in [5.74, 6) is 0.422. The van der Waals surface area contributed by atoms with Gasteiger partial charge in [-0.25, -0.2) is 9.97 Å². The molecule has 18 heavy (non-hydrogen) atoms. The molecular weight excluding hydrogens is 247 g/mol. The van der Waals surface area contributed by atoms with Crippen LogP contribution in [0.25, 0.3) is 22.6 Å². The molecule has 0 unspecified atom stereocenters. The average Bonchev–Trinajstić information content (AvgIpc) is 2.95. The smallest absolute Gasteiger partial charge is 0.433 e. The quantitative estimate of drug-likeness (QED) is 0.724. The van der Waals surface area contributed by atoms with Crippen molar-refractivity contribution in [3.8, 4) is 11.4 Å². The lowest BCUT2D eigenvalue weighted by Gasteiger charge is -2.03. The Hall–Kier alpha value is -2.31. The number of alkyl halides is 3. The van der Waals surface area contributed by atoms with Crippen molar-refractivity contribution in [1.29, 1.82) is 0 Å². The number of furan rings is 1. The van der Waals surface area contributed by atoms with Crippen molar-refractivity contribution in [2.45, 2.75) is 6.18 Å². The van der Waals surface area contributed by atoms with Gasteiger partial charge in [0.1, 0.15) is 17.8 Å². The van der Waals surface area contributed by atoms with Crippen molar-refractivity contribution < 1.29 is 17.6 Å². The summed E-state index contributed by atoms with van der Waals surface area (Å²) < 4.78 is 42.3. The van der Waals surface area contributed by atoms with E-state index in [1.165, 1.54) is 18.6 Å². The van der Waals surface area contributed by atoms with Gasteiger partial charge in [0.25, 0.3) is 0 Å². The van der Waals surface area contributed by atoms with E-state index in [1.54, 1.807) is 6.07 Å². The molecule has 3 rings (SSSR count). The summed E-state index contributed by atoms with van der Waals surface area (Å²) in [5, 5.41) is 0. The molecule has 0 atom stereocenters. The lowest BCUT2D eigenvalue weighted by molar-refractivity contribution is -0.141. The molecule has 0 bridgehead atoms. The highest BCUT2D eigenvalue weighted by Crippen LogP contribution is 2.29. The van der Waals surface area contributed by atoms with Crippen molar-refractivity contribution in [2.75, 3.05) is 0 Å². The van der Waals surface area contributed by atoms with Gasteiger partial charge in [-0.05, 0) is 18.2 Å². The Balaban J connectivity index is 2.13. The highest BCUT2D eigenvalue weighted by atomic mass is 19.4. The second-order valence-electron chi connectivity index (χ2n) is 3.66. The maximum Gasteiger partial charge on any atom is 0.433 e. The molecule has 7 heteroatoms. The molecule has 0 saturated heterocycles. The summed E-state index contributed by atoms with van der Waals surface area (Å²) in [6.45, 7) is 0. The van der Waals surface area contributed by atoms with E-state index in [1.807, 2.05) is 0 Å². The fourth-order valence-electron chi connectivity index (χ4n) is 1.59. The fourth-order valence-corrected chi connectivity index (χ4v) is 1.59. The lowest BCUT2D eigenvalue weighted by Crippen LogP contribution is -2.07. The van der Waals surface area contributed by atoms with Gasteiger partial charge in [-0.2, -0.15) is 13.2 Å². The lowest BCUT2D eigenvalue weighted by atomic mass is 10.3. The summed E-state index contributed by atoms with van der Waals surface area (Å²) in [6, 6.07) is 3.88. The van der Waals surface area contributed by atoms with Crippen LogP contribution in [0.4, 0.5) is 13.2 Å². The number of aromatic amines is 1. The van der Waals surface area contributed by atoms with Crippen LogP contribution in [0.2, 0.25) is 0 Å². The van der Waals surface area contributed by atoms with Crippen LogP contribution in [0.5, 0.6) is 0 Å². The molecule has 3 aromatic rings. The third-order valence-corrected chi connectivity index (χ3v) is 2.43. The van der Waals surface area contributed by atoms with Crippen LogP contribution >= 0.6 is 0 Å². The molecule has 92 valence electrons. The molecule has 3 heterocycles. The van der Waals surface area contributed by atoms with Crippen molar-refractivity contribution in [2.24, 2.45) is 0 Å². The number of H-pyrrole nitrogens is 1. The molecule has 0 radical (unpaired) electrons. The Bertz CT molecular complexity index is 685. The monoisotopic (exact) mass is 253 g/mol. The Morgan fingerprint density at radius 1 is 1.11 bits per heavy atom. The molecule has 3 aromatic heterocycles. The minimum Gasteiger partial charge on any atom is -0.472 e. The molecule has 1 N–H and O–H groups in total. The topological polar surface area (TPSA) is 54.7 Å². The number of imidazole rings is 1. The Morgan fingerprint density at radius 2 is 1.94 bits per heavy atom. The van der Waals surface area contributed by atoms with Crippen LogP contribution in [0, 0.1) is 0 Å². The maximum absolute atomic E-state index is 12.5. The standard InChI is InChI=1S/C11H6F3N3O/c12-11(13,14)8-2-1-7-10(16-8)17-9(15-7)6-3-4-18-5-6/h1-5H,(H,15,16,17). The number of hydrogen-bond acceptors (Lipinski definition) is 3. The van der Waals surface area contributed by atoms with E-state index in [9.17, 15) is 13.2 Å². The average molecular weight is 253 g/mol. The fraction of sp³-hybridized carbons (Fsp3) is 0.0909. The summed E-state index contributed by atoms with van der Waals surface area (Å²) in [6.07, 6.45) is -1.57. The highest BCUT2D eigenvalue weighted by molar-refractivity contribution is 5.75. The van der Waals surface area contributed by atoms with E-state index in [0.29, 0.717) is 16.9 Å². The number of aromatic nitrogens is 3. The van der Waals surface area contributed by atoms with E-state index in [2.05, 4.69) is 15.0 Å². The number of nitrogens with zero attached hydrogens (tertiary/aromatic N) is 2. The van der Waals surface area contributed by atoms with Gasteiger partial charge >= 0.3 is 6.18 Å². The zero-order valence-electron chi connectivity index (χ0n) is 8.82. The van der Waals surface area contributed by atoms with Crippen LogP contribution in [0.1, 0.15) is 5.69 Å². The molecule has 0 fully saturated rings. The van der Waals surface area contributed by atoms with Gasteiger partial charge < -0.3 is 9.40 Å². The predicted octanol–water partition coefficient (Wildman–Crippen LogP) is 3.24. The summed E-state index contributed by atoms with van der Waals surface area (Å²) in [4.78, 5) is 10.4. The van der Waals surface area contributed by atoms with Crippen LogP contribution < -0.4 is 0 Å². The highest BCUT2D eigenvalue weighted by Gasteiger charge is 2.32. The van der Waals surface area contributed by atoms with Gasteiger partial charge in [-0.15, -0.1) is 0 Å². The number of rotatable bonds is 1. The van der Waals surface area contributed by atoms with Gasteiger partial charge in [0.15, 0.2) is 5.65 Å². The minimum atomic E-state index is -4.47. The molecule has 0 aliphatic carbocycles. The first-order valence-corrected chi connectivity index (χ1v) is 5.00. The molecule has 4 nitrogen and oxygen atoms in total. The first-order chi connectivity index (χ1) is 8.54. The molecule has 0 spiro atoms. The van der Waals surface area contributed by atoms with Crippen LogP contribution in [-0.2, 0) is 6.18 Å². The second-order valence-corrected chi connectivity index (χ2v) is 3.66. The number of fused-ring (bicyclic) bond motifs is 1. The van der Waals surface area contributed by atoms with Gasteiger partial charge in [0.2, 0.25) is 0 Å². The predicted molar refractivity (Wildman–Crippen MR) is 56.6 cm³/mol. The first kappa shape index (κ1) is 10.8. The zero-order valence-corrected chi connectivity index (χ0v) is 8.82. The molecule has 0 aliphatic rings. The molecule has 0 aromatic carbocycles. The van der Waals surface area contributed by atoms with Crippen LogP contribution in [0.15, 0.2) is 35.1 Å². The van der Waals surface area contributed by atoms with Crippen molar-refractivity contribution in [1.82, 2.24) is 15.0 Å². The van der Waals surface area contributed by atoms with Gasteiger partial charge in [-0.1, -0.05) is 0 Å². The van der Waals surface area contributed by atoms with E-state index in [0.717, 1.165) is 6.07 Å². The Labute approximate surface area is 98.5 Å². The Kier molecular flexibility index (Phi) is 2.16. The number of pyridine rings is 1. The summed E-state index contributed by atoms with van der Waals surface area (Å²) in [5.41, 5.74) is 0.169. The second kappa shape index (κ2) is 3.59. The largest absolute Gasteiger partial charge is 0.472 e. The molecular formula is C11H6F3N3O. The van der Waals surface area contributed by atoms with Crippen LogP contribution in [0.3, 0.4) is 0 Å². The van der Waals surface area contributed by atoms with Crippen molar-refractivity contribution in [3.05, 3.63) is 36.4 Å². The maximum atomic E-state index is 12.5. The van der Waals surface area contributed by atoms with Gasteiger partial charge in [0, 0.05) is 0 Å². The number of nitrogens with one attached hydrogen (secondary N) is 1. The third kappa shape index (κ3) is 1.73. The van der Waals surface area contributed by atoms with Crippen molar-refractivity contribution in [3.63, 3.8) is 0 Å². The van der Waals surface area contributed by atoms with Crippen molar-refractivity contribution >= 4 is 11.2 Å². The van der Waals surface area contributed by atoms with E-state index in [4.69, 9.17) is 4.42 Å². The number of hydrogen-bond donors (Lipinski definition) is 1. The van der Waals surface area contributed by atoms with E-state index >= 15 is 0 Å². The Morgan fingerprint density at radius 3 is 2.61 bits per heavy atom. The molecule has 0 amide bonds. The van der Waals surface area contributed by atoms with E-state index in [-0.39, 0.29) is 5.65 Å². The third-order valence-electron chi connectivity index (χ3n) is 2.43. The number of halogens is 3. The molecule has 0 aliphatic heterocycles. The van der Waals surface area contributed by atoms with E-state index < -0.39 is 11.9 Å². The van der Waals surface area contributed by atoms with Gasteiger partial charge in [0.05, 0.1) is 17.3 Å². The summed E-state index contributed by atoms with van der Waals surface area (Å²) in [7, 11) is 0. The minimum absolute atomic E-state index is 0.0287. The SMILES string of the molecule is FC(F)(F)c1ccc2[nH]c(-c3ccoc3)nc2n1. The normalized spacial score (nSPS) is 12.2. The van der Waals surface area contributed by atoms with Crippen LogP contribution in [-0.4, -0.2) is 15.0 Å². The molecule has 0 saturated carbocycles. The first-order valence-electron chi connectivity index (χ1n) is 5.00. The summed E-state index contributed by atoms with van der Waals surface area (Å²) >= 11 is 0. The van der Waals surface area contributed by atoms with Gasteiger partial charge in [-0.3, -0.25) is 0 Å².